The summed E-state index contributed by atoms with van der Waals surface area (Å²) in [6, 6.07) is 13.2. The van der Waals surface area contributed by atoms with Gasteiger partial charge in [0, 0.05) is 12.5 Å². The van der Waals surface area contributed by atoms with Crippen molar-refractivity contribution < 1.29 is 9.59 Å². The third-order valence-corrected chi connectivity index (χ3v) is 5.50. The van der Waals surface area contributed by atoms with Crippen LogP contribution in [0, 0.1) is 13.8 Å². The zero-order valence-electron chi connectivity index (χ0n) is 16.8. The van der Waals surface area contributed by atoms with E-state index in [1.54, 1.807) is 16.8 Å². The molecule has 0 spiro atoms. The first-order valence-electron chi connectivity index (χ1n) is 9.25. The zero-order chi connectivity index (χ0) is 21.0. The highest BCUT2D eigenvalue weighted by Crippen LogP contribution is 2.24. The fourth-order valence-electron chi connectivity index (χ4n) is 3.11. The van der Waals surface area contributed by atoms with E-state index in [2.05, 4.69) is 20.8 Å². The third-order valence-electron chi connectivity index (χ3n) is 4.58. The second-order valence-corrected chi connectivity index (χ2v) is 7.81. The van der Waals surface area contributed by atoms with Gasteiger partial charge < -0.3 is 5.32 Å². The second-order valence-electron chi connectivity index (χ2n) is 6.87. The van der Waals surface area contributed by atoms with Crippen molar-refractivity contribution in [3.8, 4) is 5.69 Å². The Morgan fingerprint density at radius 2 is 1.76 bits per heavy atom. The van der Waals surface area contributed by atoms with Gasteiger partial charge in [0.05, 0.1) is 17.5 Å². The largest absolute Gasteiger partial charge is 0.350 e. The monoisotopic (exact) mass is 409 g/mol. The predicted molar refractivity (Wildman–Crippen MR) is 112 cm³/mol. The average Bonchev–Trinajstić information content (AvgIpc) is 3.13. The predicted octanol–water partition coefficient (Wildman–Crippen LogP) is 3.45. The van der Waals surface area contributed by atoms with Crippen LogP contribution >= 0.6 is 11.8 Å². The molecule has 2 aromatic carbocycles. The van der Waals surface area contributed by atoms with E-state index in [1.165, 1.54) is 18.7 Å². The summed E-state index contributed by atoms with van der Waals surface area (Å²) < 4.78 is 1.68. The lowest BCUT2D eigenvalue weighted by Gasteiger charge is -2.13. The van der Waals surface area contributed by atoms with Gasteiger partial charge in [-0.3, -0.25) is 9.59 Å². The van der Waals surface area contributed by atoms with Gasteiger partial charge in [-0.1, -0.05) is 54.2 Å². The molecule has 8 heteroatoms. The number of para-hydroxylation sites is 1. The summed E-state index contributed by atoms with van der Waals surface area (Å²) in [5.74, 6) is 0.131. The van der Waals surface area contributed by atoms with E-state index >= 15 is 0 Å². The molecule has 7 nitrogen and oxygen atoms in total. The minimum Gasteiger partial charge on any atom is -0.350 e. The van der Waals surface area contributed by atoms with Crippen LogP contribution < -0.4 is 5.32 Å². The van der Waals surface area contributed by atoms with Gasteiger partial charge >= 0.3 is 0 Å². The number of hydrogen-bond donors (Lipinski definition) is 1. The molecule has 29 heavy (non-hydrogen) atoms. The van der Waals surface area contributed by atoms with Crippen molar-refractivity contribution in [1.29, 1.82) is 0 Å². The number of nitrogens with zero attached hydrogens (tertiary/aromatic N) is 4. The van der Waals surface area contributed by atoms with E-state index in [0.29, 0.717) is 10.7 Å². The summed E-state index contributed by atoms with van der Waals surface area (Å²) in [4.78, 5) is 23.8. The fourth-order valence-corrected chi connectivity index (χ4v) is 3.88. The molecule has 0 fully saturated rings. The standard InChI is InChI=1S/C21H23N5O2S/c1-13-6-5-7-14(2)20(13)26-21(23-24-25-26)29-12-19(28)18-10-8-17(9-11-18)15(3)22-16(4)27/h5-11,15H,12H2,1-4H3,(H,22,27)/t15-/m1/s1. The fraction of sp³-hybridized carbons (Fsp3) is 0.286. The number of hydrogen-bond acceptors (Lipinski definition) is 6. The molecule has 3 aromatic rings. The van der Waals surface area contributed by atoms with E-state index in [9.17, 15) is 9.59 Å². The van der Waals surface area contributed by atoms with Crippen molar-refractivity contribution in [1.82, 2.24) is 25.5 Å². The van der Waals surface area contributed by atoms with Crippen LogP contribution in [0.2, 0.25) is 0 Å². The third kappa shape index (κ3) is 4.89. The molecular weight excluding hydrogens is 386 g/mol. The quantitative estimate of drug-likeness (QED) is 0.475. The highest BCUT2D eigenvalue weighted by molar-refractivity contribution is 7.99. The molecule has 3 rings (SSSR count). The molecule has 0 saturated heterocycles. The van der Waals surface area contributed by atoms with Crippen LogP contribution in [0.4, 0.5) is 0 Å². The molecule has 1 heterocycles. The molecule has 1 amide bonds. The summed E-state index contributed by atoms with van der Waals surface area (Å²) in [5, 5.41) is 15.4. The van der Waals surface area contributed by atoms with Gasteiger partial charge in [0.1, 0.15) is 0 Å². The summed E-state index contributed by atoms with van der Waals surface area (Å²) in [7, 11) is 0. The molecule has 0 bridgehead atoms. The Kier molecular flexibility index (Phi) is 6.43. The van der Waals surface area contributed by atoms with Crippen molar-refractivity contribution in [2.45, 2.75) is 38.9 Å². The molecule has 1 N–H and O–H groups in total. The molecule has 0 saturated carbocycles. The summed E-state index contributed by atoms with van der Waals surface area (Å²) in [6.07, 6.45) is 0. The summed E-state index contributed by atoms with van der Waals surface area (Å²) >= 11 is 1.31. The molecule has 1 atom stereocenters. The van der Waals surface area contributed by atoms with Gasteiger partial charge in [-0.2, -0.15) is 4.68 Å². The molecular formula is C21H23N5O2S. The second kappa shape index (κ2) is 9.00. The molecule has 0 radical (unpaired) electrons. The van der Waals surface area contributed by atoms with Crippen molar-refractivity contribution in [3.63, 3.8) is 0 Å². The van der Waals surface area contributed by atoms with E-state index in [4.69, 9.17) is 0 Å². The number of Topliss-reactive ketones (excluding diaryl/α,β-unsaturated/α-hetero) is 1. The highest BCUT2D eigenvalue weighted by atomic mass is 32.2. The topological polar surface area (TPSA) is 89.8 Å². The Balaban J connectivity index is 1.69. The number of aromatic nitrogens is 4. The number of rotatable bonds is 7. The van der Waals surface area contributed by atoms with Crippen molar-refractivity contribution in [3.05, 3.63) is 64.7 Å². The van der Waals surface area contributed by atoms with Crippen LogP contribution in [0.1, 0.15) is 46.9 Å². The zero-order valence-corrected chi connectivity index (χ0v) is 17.7. The van der Waals surface area contributed by atoms with E-state index in [0.717, 1.165) is 22.4 Å². The van der Waals surface area contributed by atoms with Gasteiger partial charge in [0.2, 0.25) is 11.1 Å². The first kappa shape index (κ1) is 20.7. The van der Waals surface area contributed by atoms with Crippen LogP contribution in [0.3, 0.4) is 0 Å². The highest BCUT2D eigenvalue weighted by Gasteiger charge is 2.16. The van der Waals surface area contributed by atoms with Crippen molar-refractivity contribution >= 4 is 23.5 Å². The average molecular weight is 410 g/mol. The molecule has 1 aromatic heterocycles. The normalized spacial score (nSPS) is 11.9. The molecule has 150 valence electrons. The Hall–Kier alpha value is -3.00. The lowest BCUT2D eigenvalue weighted by molar-refractivity contribution is -0.119. The van der Waals surface area contributed by atoms with Gasteiger partial charge in [-0.15, -0.1) is 5.10 Å². The first-order chi connectivity index (χ1) is 13.9. The number of aryl methyl sites for hydroxylation is 2. The number of carbonyl (C=O) groups excluding carboxylic acids is 2. The Morgan fingerprint density at radius 3 is 2.38 bits per heavy atom. The first-order valence-corrected chi connectivity index (χ1v) is 10.2. The Bertz CT molecular complexity index is 1010. The summed E-state index contributed by atoms with van der Waals surface area (Å²) in [5.41, 5.74) is 4.62. The minimum atomic E-state index is -0.104. The Labute approximate surface area is 173 Å². The van der Waals surface area contributed by atoms with E-state index in [1.807, 2.05) is 51.1 Å². The maximum absolute atomic E-state index is 12.6. The summed E-state index contributed by atoms with van der Waals surface area (Å²) in [6.45, 7) is 7.40. The Morgan fingerprint density at radius 1 is 1.10 bits per heavy atom. The van der Waals surface area contributed by atoms with Crippen LogP contribution in [0.25, 0.3) is 5.69 Å². The number of carbonyl (C=O) groups is 2. The van der Waals surface area contributed by atoms with Crippen molar-refractivity contribution in [2.24, 2.45) is 0 Å². The van der Waals surface area contributed by atoms with Crippen molar-refractivity contribution in [2.75, 3.05) is 5.75 Å². The lowest BCUT2D eigenvalue weighted by Crippen LogP contribution is -2.23. The molecule has 0 aliphatic heterocycles. The number of amides is 1. The van der Waals surface area contributed by atoms with Gasteiger partial charge in [0.25, 0.3) is 0 Å². The molecule has 0 aliphatic rings. The number of tetrazole rings is 1. The maximum Gasteiger partial charge on any atom is 0.217 e. The lowest BCUT2D eigenvalue weighted by atomic mass is 10.0. The van der Waals surface area contributed by atoms with Gasteiger partial charge in [0.15, 0.2) is 5.78 Å². The number of benzene rings is 2. The number of nitrogens with one attached hydrogen (secondary N) is 1. The van der Waals surface area contributed by atoms with Crippen LogP contribution in [-0.4, -0.2) is 37.7 Å². The minimum absolute atomic E-state index is 0.00946. The molecule has 0 aliphatic carbocycles. The SMILES string of the molecule is CC(=O)N[C@H](C)c1ccc(C(=O)CSc2nnnn2-c2c(C)cccc2C)cc1. The van der Waals surface area contributed by atoms with Crippen LogP contribution in [0.15, 0.2) is 47.6 Å². The van der Waals surface area contributed by atoms with Crippen LogP contribution in [0.5, 0.6) is 0 Å². The maximum atomic E-state index is 12.6. The van der Waals surface area contributed by atoms with E-state index < -0.39 is 0 Å². The van der Waals surface area contributed by atoms with Crippen LogP contribution in [-0.2, 0) is 4.79 Å². The van der Waals surface area contributed by atoms with Gasteiger partial charge in [-0.05, 0) is 47.9 Å². The molecule has 0 unspecified atom stereocenters. The number of ketones is 1. The van der Waals surface area contributed by atoms with E-state index in [-0.39, 0.29) is 23.5 Å². The number of thioether (sulfide) groups is 1. The smallest absolute Gasteiger partial charge is 0.217 e. The van der Waals surface area contributed by atoms with Gasteiger partial charge in [-0.25, -0.2) is 0 Å².